The topological polar surface area (TPSA) is 30.7 Å². The second-order valence-electron chi connectivity index (χ2n) is 12.6. The fourth-order valence-electron chi connectivity index (χ4n) is 7.54. The largest absolute Gasteiger partial charge is 0.294 e. The van der Waals surface area contributed by atoms with Crippen LogP contribution in [0.3, 0.4) is 0 Å². The molecule has 4 heteroatoms. The van der Waals surface area contributed by atoms with Crippen molar-refractivity contribution in [2.45, 2.75) is 0 Å². The molecule has 0 amide bonds. The lowest BCUT2D eigenvalue weighted by Crippen LogP contribution is -2.74. The maximum Gasteiger partial charge on any atom is 0.179 e. The van der Waals surface area contributed by atoms with Crippen LogP contribution < -0.4 is 20.7 Å². The lowest BCUT2D eigenvalue weighted by Gasteiger charge is -2.34. The van der Waals surface area contributed by atoms with Gasteiger partial charge in [-0.3, -0.25) is 4.57 Å². The van der Waals surface area contributed by atoms with E-state index in [0.717, 1.165) is 33.7 Å². The van der Waals surface area contributed by atoms with Crippen molar-refractivity contribution in [3.05, 3.63) is 200 Å². The molecule has 0 atom stereocenters. The highest BCUT2D eigenvalue weighted by molar-refractivity contribution is 7.19. The zero-order valence-electron chi connectivity index (χ0n) is 27.4. The number of rotatable bonds is 7. The molecule has 0 radical (unpaired) electrons. The minimum Gasteiger partial charge on any atom is -0.294 e. The van der Waals surface area contributed by atoms with Gasteiger partial charge in [0.25, 0.3) is 0 Å². The molecule has 2 heterocycles. The second kappa shape index (κ2) is 12.6. The van der Waals surface area contributed by atoms with Crippen molar-refractivity contribution in [3.8, 4) is 28.5 Å². The third-order valence-electron chi connectivity index (χ3n) is 9.79. The van der Waals surface area contributed by atoms with E-state index in [1.807, 2.05) is 6.07 Å². The fourth-order valence-corrected chi connectivity index (χ4v) is 12.3. The van der Waals surface area contributed by atoms with Gasteiger partial charge in [0.05, 0.1) is 16.7 Å². The number of benzene rings is 7. The molecule has 2 aromatic heterocycles. The Morgan fingerprint density at radius 2 is 0.780 bits per heavy atom. The molecule has 0 unspecified atom stereocenters. The van der Waals surface area contributed by atoms with Crippen LogP contribution in [0.15, 0.2) is 200 Å². The zero-order valence-corrected chi connectivity index (χ0v) is 28.4. The molecule has 50 heavy (non-hydrogen) atoms. The maximum atomic E-state index is 5.30. The molecule has 0 spiro atoms. The Bertz CT molecular complexity index is 2410. The van der Waals surface area contributed by atoms with Gasteiger partial charge >= 0.3 is 0 Å². The van der Waals surface area contributed by atoms with Crippen molar-refractivity contribution < 1.29 is 0 Å². The van der Waals surface area contributed by atoms with E-state index in [9.17, 15) is 0 Å². The molecule has 0 aliphatic carbocycles. The molecule has 0 bridgehead atoms. The van der Waals surface area contributed by atoms with E-state index in [-0.39, 0.29) is 0 Å². The summed E-state index contributed by atoms with van der Waals surface area (Å²) < 4.78 is 2.27. The summed E-state index contributed by atoms with van der Waals surface area (Å²) in [6.45, 7) is 0. The van der Waals surface area contributed by atoms with Crippen molar-refractivity contribution in [3.63, 3.8) is 0 Å². The third kappa shape index (κ3) is 4.97. The lowest BCUT2D eigenvalue weighted by molar-refractivity contribution is 1.05. The molecular formula is C46H33N3Si. The second-order valence-corrected chi connectivity index (χ2v) is 16.4. The normalized spacial score (nSPS) is 11.6. The van der Waals surface area contributed by atoms with E-state index in [0.29, 0.717) is 5.82 Å². The summed E-state index contributed by atoms with van der Waals surface area (Å²) >= 11 is 0. The summed E-state index contributed by atoms with van der Waals surface area (Å²) in [4.78, 5) is 10.5. The Balaban J connectivity index is 1.26. The summed E-state index contributed by atoms with van der Waals surface area (Å²) in [6, 6.07) is 71.8. The number of hydrogen-bond donors (Lipinski definition) is 0. The Kier molecular flexibility index (Phi) is 7.49. The highest BCUT2D eigenvalue weighted by Crippen LogP contribution is 2.33. The summed E-state index contributed by atoms with van der Waals surface area (Å²) in [5.74, 6) is 1.54. The molecule has 9 rings (SSSR count). The molecule has 3 nitrogen and oxygen atoms in total. The van der Waals surface area contributed by atoms with E-state index < -0.39 is 8.07 Å². The van der Waals surface area contributed by atoms with Crippen LogP contribution in [0.25, 0.3) is 50.3 Å². The highest BCUT2D eigenvalue weighted by atomic mass is 28.3. The molecule has 0 aliphatic rings. The first kappa shape index (κ1) is 29.8. The Morgan fingerprint density at radius 3 is 1.28 bits per heavy atom. The van der Waals surface area contributed by atoms with Crippen molar-refractivity contribution >= 4 is 50.6 Å². The van der Waals surface area contributed by atoms with Gasteiger partial charge in [0, 0.05) is 28.0 Å². The Labute approximate surface area is 292 Å². The predicted molar refractivity (Wildman–Crippen MR) is 211 cm³/mol. The SMILES string of the molecule is c1ccc(-c2cc(-n3c4ccccc4c4ccccc43)nc(-c3ccc([Si](c4ccccc4)(c4ccccc4)c4ccccc4)cc3)n2)cc1. The van der Waals surface area contributed by atoms with E-state index in [1.54, 1.807) is 0 Å². The minimum absolute atomic E-state index is 0.696. The van der Waals surface area contributed by atoms with Crippen molar-refractivity contribution in [1.82, 2.24) is 14.5 Å². The van der Waals surface area contributed by atoms with E-state index in [2.05, 4.69) is 199 Å². The number of hydrogen-bond acceptors (Lipinski definition) is 2. The van der Waals surface area contributed by atoms with Crippen molar-refractivity contribution in [2.75, 3.05) is 0 Å². The van der Waals surface area contributed by atoms with Gasteiger partial charge in [-0.15, -0.1) is 0 Å². The molecule has 9 aromatic rings. The van der Waals surface area contributed by atoms with Gasteiger partial charge in [0.2, 0.25) is 0 Å². The fraction of sp³-hybridized carbons (Fsp3) is 0. The Morgan fingerprint density at radius 1 is 0.360 bits per heavy atom. The first-order valence-electron chi connectivity index (χ1n) is 17.0. The van der Waals surface area contributed by atoms with Crippen LogP contribution in [0, 0.1) is 0 Å². The first-order chi connectivity index (χ1) is 24.8. The van der Waals surface area contributed by atoms with Gasteiger partial charge in [0.15, 0.2) is 13.9 Å². The smallest absolute Gasteiger partial charge is 0.179 e. The average molecular weight is 656 g/mol. The van der Waals surface area contributed by atoms with Crippen LogP contribution in [0.4, 0.5) is 0 Å². The van der Waals surface area contributed by atoms with Gasteiger partial charge in [-0.1, -0.05) is 182 Å². The number of nitrogens with zero attached hydrogens (tertiary/aromatic N) is 3. The van der Waals surface area contributed by atoms with Crippen molar-refractivity contribution in [1.29, 1.82) is 0 Å². The van der Waals surface area contributed by atoms with Crippen LogP contribution in [-0.2, 0) is 0 Å². The molecule has 0 aliphatic heterocycles. The van der Waals surface area contributed by atoms with Crippen LogP contribution in [0.5, 0.6) is 0 Å². The van der Waals surface area contributed by atoms with Crippen molar-refractivity contribution in [2.24, 2.45) is 0 Å². The van der Waals surface area contributed by atoms with Gasteiger partial charge in [0.1, 0.15) is 5.82 Å². The molecule has 0 fully saturated rings. The maximum absolute atomic E-state index is 5.30. The molecule has 0 saturated heterocycles. The molecule has 0 saturated carbocycles. The minimum atomic E-state index is -2.65. The highest BCUT2D eigenvalue weighted by Gasteiger charge is 2.41. The Hall–Kier alpha value is -6.36. The average Bonchev–Trinajstić information content (AvgIpc) is 3.54. The van der Waals surface area contributed by atoms with Crippen LogP contribution >= 0.6 is 0 Å². The van der Waals surface area contributed by atoms with Gasteiger partial charge in [-0.25, -0.2) is 9.97 Å². The van der Waals surface area contributed by atoms with Crippen LogP contribution in [0.1, 0.15) is 0 Å². The van der Waals surface area contributed by atoms with Gasteiger partial charge in [-0.2, -0.15) is 0 Å². The van der Waals surface area contributed by atoms with E-state index in [4.69, 9.17) is 9.97 Å². The monoisotopic (exact) mass is 655 g/mol. The summed E-state index contributed by atoms with van der Waals surface area (Å²) in [5.41, 5.74) is 5.16. The zero-order chi connectivity index (χ0) is 33.3. The first-order valence-corrected chi connectivity index (χ1v) is 19.0. The third-order valence-corrected chi connectivity index (χ3v) is 14.6. The quantitative estimate of drug-likeness (QED) is 0.128. The standard InChI is InChI=1S/C46H33N3Si/c1-5-17-34(18-6-1)42-33-45(49-43-27-15-13-25-40(43)41-26-14-16-28-44(41)49)48-46(47-42)35-29-31-39(32-30-35)50(36-19-7-2-8-20-36,37-21-9-3-10-22-37)38-23-11-4-12-24-38/h1-33H. The van der Waals surface area contributed by atoms with Gasteiger partial charge in [-0.05, 0) is 32.9 Å². The number of fused-ring (bicyclic) bond motifs is 3. The number of para-hydroxylation sites is 2. The van der Waals surface area contributed by atoms with Crippen LogP contribution in [-0.4, -0.2) is 22.6 Å². The van der Waals surface area contributed by atoms with Crippen LogP contribution in [0.2, 0.25) is 0 Å². The molecular weight excluding hydrogens is 623 g/mol. The van der Waals surface area contributed by atoms with Gasteiger partial charge < -0.3 is 0 Å². The predicted octanol–water partition coefficient (Wildman–Crippen LogP) is 8.29. The molecule has 0 N–H and O–H groups in total. The molecule has 236 valence electrons. The molecule has 7 aromatic carbocycles. The number of aromatic nitrogens is 3. The summed E-state index contributed by atoms with van der Waals surface area (Å²) in [6.07, 6.45) is 0. The lowest BCUT2D eigenvalue weighted by atomic mass is 10.1. The van der Waals surface area contributed by atoms with E-state index in [1.165, 1.54) is 31.5 Å². The van der Waals surface area contributed by atoms with E-state index >= 15 is 0 Å². The summed E-state index contributed by atoms with van der Waals surface area (Å²) in [5, 5.41) is 7.77. The summed E-state index contributed by atoms with van der Waals surface area (Å²) in [7, 11) is -2.65.